The Labute approximate surface area is 180 Å². The van der Waals surface area contributed by atoms with Crippen LogP contribution >= 0.6 is 0 Å². The number of carbonyl (C=O) groups is 2. The Morgan fingerprint density at radius 2 is 1.55 bits per heavy atom. The van der Waals surface area contributed by atoms with Crippen molar-refractivity contribution in [2.45, 2.75) is 35.9 Å². The van der Waals surface area contributed by atoms with Crippen molar-refractivity contribution in [3.05, 3.63) is 71.3 Å². The average molecular weight is 417 g/mol. The van der Waals surface area contributed by atoms with E-state index in [1.807, 2.05) is 42.5 Å². The van der Waals surface area contributed by atoms with Crippen LogP contribution < -0.4 is 0 Å². The van der Waals surface area contributed by atoms with Crippen LogP contribution in [0, 0.1) is 11.8 Å². The van der Waals surface area contributed by atoms with Crippen LogP contribution in [0.25, 0.3) is 0 Å². The molecule has 2 fully saturated rings. The summed E-state index contributed by atoms with van der Waals surface area (Å²) in [5.41, 5.74) is 0.815. The van der Waals surface area contributed by atoms with Gasteiger partial charge in [0.1, 0.15) is 0 Å². The predicted octanol–water partition coefficient (Wildman–Crippen LogP) is 3.22. The molecule has 1 aliphatic heterocycles. The van der Waals surface area contributed by atoms with Crippen LogP contribution in [-0.4, -0.2) is 42.2 Å². The standard InChI is InChI=1S/C24H23N3O4/c1-30-21(28)23-19-17-12-18(16-11-7-6-10-15(16)17)20(19)24(23,22(29)31-2)27(26-25-23)13-14-8-4-3-5-9-14/h3-11,17-20H,12-13H2,1-2H3/t17-,18+,19+,20-,23+,24-/m0/s1. The molecule has 1 heterocycles. The van der Waals surface area contributed by atoms with Crippen molar-refractivity contribution < 1.29 is 19.1 Å². The van der Waals surface area contributed by atoms with E-state index in [-0.39, 0.29) is 23.7 Å². The van der Waals surface area contributed by atoms with Gasteiger partial charge in [0.2, 0.25) is 5.54 Å². The first kappa shape index (κ1) is 18.5. The van der Waals surface area contributed by atoms with E-state index in [2.05, 4.69) is 22.5 Å². The third-order valence-corrected chi connectivity index (χ3v) is 7.99. The number of hydrogen-bond donors (Lipinski definition) is 0. The monoisotopic (exact) mass is 417 g/mol. The zero-order valence-electron chi connectivity index (χ0n) is 17.4. The number of ether oxygens (including phenoxy) is 2. The summed E-state index contributed by atoms with van der Waals surface area (Å²) in [5.74, 6) is -0.918. The second-order valence-electron chi connectivity index (χ2n) is 8.88. The summed E-state index contributed by atoms with van der Waals surface area (Å²) in [6, 6.07) is 18.1. The van der Waals surface area contributed by atoms with Gasteiger partial charge in [-0.2, -0.15) is 0 Å². The summed E-state index contributed by atoms with van der Waals surface area (Å²) in [6.07, 6.45) is 0.904. The Morgan fingerprint density at radius 1 is 0.935 bits per heavy atom. The van der Waals surface area contributed by atoms with Crippen LogP contribution in [0.1, 0.15) is 34.9 Å². The van der Waals surface area contributed by atoms with Gasteiger partial charge in [-0.15, -0.1) is 5.11 Å². The molecule has 6 rings (SSSR count). The summed E-state index contributed by atoms with van der Waals surface area (Å²) < 4.78 is 10.6. The molecule has 7 nitrogen and oxygen atoms in total. The summed E-state index contributed by atoms with van der Waals surface area (Å²) in [7, 11) is 2.72. The molecule has 2 bridgehead atoms. The van der Waals surface area contributed by atoms with Gasteiger partial charge >= 0.3 is 11.9 Å². The molecule has 0 spiro atoms. The maximum Gasteiger partial charge on any atom is 0.339 e. The van der Waals surface area contributed by atoms with E-state index in [1.54, 1.807) is 5.01 Å². The molecule has 2 aromatic rings. The van der Waals surface area contributed by atoms with Crippen LogP contribution in [0.5, 0.6) is 0 Å². The molecule has 0 amide bonds. The molecule has 7 heteroatoms. The normalized spacial score (nSPS) is 35.7. The molecule has 0 N–H and O–H groups in total. The molecule has 6 atom stereocenters. The first-order chi connectivity index (χ1) is 15.1. The Kier molecular flexibility index (Phi) is 3.68. The van der Waals surface area contributed by atoms with Gasteiger partial charge in [-0.1, -0.05) is 59.8 Å². The first-order valence-corrected chi connectivity index (χ1v) is 10.6. The smallest absolute Gasteiger partial charge is 0.339 e. The number of esters is 2. The van der Waals surface area contributed by atoms with Crippen molar-refractivity contribution >= 4 is 11.9 Å². The third-order valence-electron chi connectivity index (χ3n) is 7.99. The van der Waals surface area contributed by atoms with Gasteiger partial charge in [0.05, 0.1) is 20.8 Å². The zero-order chi connectivity index (χ0) is 21.4. The third kappa shape index (κ3) is 1.91. The van der Waals surface area contributed by atoms with Gasteiger partial charge in [-0.25, -0.2) is 9.59 Å². The zero-order valence-corrected chi connectivity index (χ0v) is 17.4. The van der Waals surface area contributed by atoms with Crippen molar-refractivity contribution in [3.8, 4) is 0 Å². The van der Waals surface area contributed by atoms with Crippen molar-refractivity contribution in [3.63, 3.8) is 0 Å². The Bertz CT molecular complexity index is 1120. The molecule has 158 valence electrons. The predicted molar refractivity (Wildman–Crippen MR) is 110 cm³/mol. The fraction of sp³-hybridized carbons (Fsp3) is 0.417. The van der Waals surface area contributed by atoms with Crippen molar-refractivity contribution in [1.82, 2.24) is 5.01 Å². The van der Waals surface area contributed by atoms with Gasteiger partial charge < -0.3 is 9.47 Å². The highest BCUT2D eigenvalue weighted by molar-refractivity contribution is 6.00. The highest BCUT2D eigenvalue weighted by Gasteiger charge is 2.90. The maximum absolute atomic E-state index is 13.6. The molecule has 0 radical (unpaired) electrons. The lowest BCUT2D eigenvalue weighted by Crippen LogP contribution is -2.84. The van der Waals surface area contributed by atoms with Crippen LogP contribution in [0.4, 0.5) is 0 Å². The lowest BCUT2D eigenvalue weighted by molar-refractivity contribution is -0.206. The molecule has 0 unspecified atom stereocenters. The number of carbonyl (C=O) groups excluding carboxylic acids is 2. The molecule has 0 saturated heterocycles. The highest BCUT2D eigenvalue weighted by Crippen LogP contribution is 2.77. The van der Waals surface area contributed by atoms with Crippen LogP contribution in [0.3, 0.4) is 0 Å². The van der Waals surface area contributed by atoms with E-state index in [0.717, 1.165) is 12.0 Å². The molecule has 0 aromatic heterocycles. The maximum atomic E-state index is 13.6. The van der Waals surface area contributed by atoms with Crippen molar-refractivity contribution in [1.29, 1.82) is 0 Å². The molecule has 2 saturated carbocycles. The number of benzene rings is 2. The molecule has 2 aromatic carbocycles. The Balaban J connectivity index is 1.54. The van der Waals surface area contributed by atoms with E-state index in [4.69, 9.17) is 9.47 Å². The molecule has 3 aliphatic carbocycles. The van der Waals surface area contributed by atoms with E-state index >= 15 is 0 Å². The van der Waals surface area contributed by atoms with Crippen LogP contribution in [-0.2, 0) is 25.6 Å². The summed E-state index contributed by atoms with van der Waals surface area (Å²) >= 11 is 0. The van der Waals surface area contributed by atoms with Gasteiger partial charge in [-0.05, 0) is 34.9 Å². The first-order valence-electron chi connectivity index (χ1n) is 10.6. The van der Waals surface area contributed by atoms with E-state index in [0.29, 0.717) is 6.54 Å². The minimum absolute atomic E-state index is 0.113. The fourth-order valence-electron chi connectivity index (χ4n) is 7.07. The van der Waals surface area contributed by atoms with E-state index in [1.165, 1.54) is 25.3 Å². The lowest BCUT2D eigenvalue weighted by Gasteiger charge is -2.62. The molecule has 4 aliphatic rings. The Hall–Kier alpha value is -3.22. The van der Waals surface area contributed by atoms with Crippen molar-refractivity contribution in [2.24, 2.45) is 22.2 Å². The van der Waals surface area contributed by atoms with Crippen LogP contribution in [0.15, 0.2) is 64.9 Å². The summed E-state index contributed by atoms with van der Waals surface area (Å²) in [5, 5.41) is 10.7. The minimum atomic E-state index is -1.39. The van der Waals surface area contributed by atoms with Gasteiger partial charge in [0, 0.05) is 11.8 Å². The quantitative estimate of drug-likeness (QED) is 0.564. The largest absolute Gasteiger partial charge is 0.467 e. The number of rotatable bonds is 4. The topological polar surface area (TPSA) is 80.6 Å². The number of nitrogens with zero attached hydrogens (tertiary/aromatic N) is 3. The van der Waals surface area contributed by atoms with Crippen molar-refractivity contribution in [2.75, 3.05) is 14.2 Å². The minimum Gasteiger partial charge on any atom is -0.467 e. The molecular weight excluding hydrogens is 394 g/mol. The lowest BCUT2D eigenvalue weighted by atomic mass is 9.42. The average Bonchev–Trinajstić information content (AvgIpc) is 3.43. The number of hydrogen-bond acceptors (Lipinski definition) is 7. The fourth-order valence-corrected chi connectivity index (χ4v) is 7.07. The summed E-state index contributed by atoms with van der Waals surface area (Å²) in [6.45, 7) is 0.362. The second-order valence-corrected chi connectivity index (χ2v) is 8.88. The molecular formula is C24H23N3O4. The summed E-state index contributed by atoms with van der Waals surface area (Å²) in [4.78, 5) is 26.9. The Morgan fingerprint density at radius 3 is 2.19 bits per heavy atom. The van der Waals surface area contributed by atoms with E-state index < -0.39 is 23.0 Å². The highest BCUT2D eigenvalue weighted by atomic mass is 16.5. The van der Waals surface area contributed by atoms with Gasteiger partial charge in [-0.3, -0.25) is 5.01 Å². The van der Waals surface area contributed by atoms with Gasteiger partial charge in [0.15, 0.2) is 5.54 Å². The van der Waals surface area contributed by atoms with Gasteiger partial charge in [0.25, 0.3) is 0 Å². The van der Waals surface area contributed by atoms with Crippen LogP contribution in [0.2, 0.25) is 0 Å². The SMILES string of the molecule is COC(=O)[C@@]12[C@@H]3[C@@H]([C@H]4C[C@@H]3c3ccccc34)[C@]1(C(=O)OC)N=NN2Cc1ccccc1. The molecule has 31 heavy (non-hydrogen) atoms. The van der Waals surface area contributed by atoms with E-state index in [9.17, 15) is 9.59 Å². The second kappa shape index (κ2) is 6.15. The number of fused-ring (bicyclic) bond motifs is 11. The number of methoxy groups -OCH3 is 2.